The number of hydrogen-bond acceptors (Lipinski definition) is 3. The van der Waals surface area contributed by atoms with Crippen LogP contribution in [0.1, 0.15) is 12.0 Å². The van der Waals surface area contributed by atoms with E-state index >= 15 is 0 Å². The normalized spacial score (nSPS) is 21.4. The summed E-state index contributed by atoms with van der Waals surface area (Å²) in [6, 6.07) is 8.92. The quantitative estimate of drug-likeness (QED) is 0.818. The highest BCUT2D eigenvalue weighted by Gasteiger charge is 2.18. The largest absolute Gasteiger partial charge is 0.370 e. The molecule has 2 aliphatic rings. The van der Waals surface area contributed by atoms with Gasteiger partial charge in [-0.15, -0.1) is 0 Å². The zero-order chi connectivity index (χ0) is 13.1. The molecule has 0 radical (unpaired) electrons. The van der Waals surface area contributed by atoms with E-state index in [4.69, 9.17) is 0 Å². The number of benzene rings is 1. The van der Waals surface area contributed by atoms with E-state index in [9.17, 15) is 0 Å². The van der Waals surface area contributed by atoms with Crippen LogP contribution < -0.4 is 4.90 Å². The third kappa shape index (κ3) is 3.10. The van der Waals surface area contributed by atoms with Gasteiger partial charge in [-0.2, -0.15) is 0 Å². The Morgan fingerprint density at radius 3 is 2.58 bits per heavy atom. The molecule has 2 aliphatic heterocycles. The summed E-state index contributed by atoms with van der Waals surface area (Å²) < 4.78 is 0. The van der Waals surface area contributed by atoms with Gasteiger partial charge in [0.2, 0.25) is 0 Å². The number of rotatable bonds is 3. The van der Waals surface area contributed by atoms with Gasteiger partial charge < -0.3 is 9.80 Å². The average Bonchev–Trinajstić information content (AvgIpc) is 2.47. The van der Waals surface area contributed by atoms with Crippen molar-refractivity contribution in [1.82, 2.24) is 9.80 Å². The first kappa shape index (κ1) is 12.9. The Kier molecular flexibility index (Phi) is 4.04. The molecular formula is C16H25N3. The van der Waals surface area contributed by atoms with Crippen LogP contribution in [0.2, 0.25) is 0 Å². The van der Waals surface area contributed by atoms with Gasteiger partial charge in [-0.05, 0) is 31.5 Å². The minimum atomic E-state index is 1.18. The summed E-state index contributed by atoms with van der Waals surface area (Å²) in [6.07, 6.45) is 2.56. The molecule has 1 aromatic rings. The summed E-state index contributed by atoms with van der Waals surface area (Å²) in [6.45, 7) is 8.51. The highest BCUT2D eigenvalue weighted by atomic mass is 15.3. The van der Waals surface area contributed by atoms with Gasteiger partial charge >= 0.3 is 0 Å². The molecule has 19 heavy (non-hydrogen) atoms. The van der Waals surface area contributed by atoms with Crippen LogP contribution in [0, 0.1) is 0 Å². The Morgan fingerprint density at radius 1 is 0.947 bits per heavy atom. The van der Waals surface area contributed by atoms with Crippen molar-refractivity contribution in [2.75, 3.05) is 57.8 Å². The molecule has 0 atom stereocenters. The van der Waals surface area contributed by atoms with Crippen molar-refractivity contribution < 1.29 is 0 Å². The van der Waals surface area contributed by atoms with E-state index in [0.717, 1.165) is 0 Å². The molecule has 1 fully saturated rings. The highest BCUT2D eigenvalue weighted by Crippen LogP contribution is 2.26. The molecule has 0 spiro atoms. The van der Waals surface area contributed by atoms with Gasteiger partial charge in [0.1, 0.15) is 0 Å². The lowest BCUT2D eigenvalue weighted by atomic mass is 10.0. The SMILES string of the molecule is CN1CCN(CCN2CCCc3ccccc32)CC1. The van der Waals surface area contributed by atoms with Crippen molar-refractivity contribution in [1.29, 1.82) is 0 Å². The summed E-state index contributed by atoms with van der Waals surface area (Å²) in [4.78, 5) is 7.61. The van der Waals surface area contributed by atoms with Gasteiger partial charge in [0.25, 0.3) is 0 Å². The number of anilines is 1. The molecule has 0 aromatic heterocycles. The number of fused-ring (bicyclic) bond motifs is 1. The van der Waals surface area contributed by atoms with E-state index in [1.165, 1.54) is 69.9 Å². The predicted octanol–water partition coefficient (Wildman–Crippen LogP) is 1.69. The molecule has 0 aliphatic carbocycles. The summed E-state index contributed by atoms with van der Waals surface area (Å²) in [5, 5.41) is 0. The maximum atomic E-state index is 2.61. The monoisotopic (exact) mass is 259 g/mol. The van der Waals surface area contributed by atoms with Crippen molar-refractivity contribution in [3.8, 4) is 0 Å². The smallest absolute Gasteiger partial charge is 0.0399 e. The Bertz CT molecular complexity index is 410. The predicted molar refractivity (Wildman–Crippen MR) is 80.9 cm³/mol. The molecule has 104 valence electrons. The van der Waals surface area contributed by atoms with Crippen LogP contribution in [0.3, 0.4) is 0 Å². The van der Waals surface area contributed by atoms with Crippen LogP contribution in [0.15, 0.2) is 24.3 Å². The highest BCUT2D eigenvalue weighted by molar-refractivity contribution is 5.55. The molecule has 3 rings (SSSR count). The molecule has 0 unspecified atom stereocenters. The molecule has 0 N–H and O–H groups in total. The summed E-state index contributed by atoms with van der Waals surface area (Å²) >= 11 is 0. The maximum Gasteiger partial charge on any atom is 0.0399 e. The standard InChI is InChI=1S/C16H25N3/c1-17-9-11-18(12-10-17)13-14-19-8-4-6-15-5-2-3-7-16(15)19/h2-3,5,7H,4,6,8-14H2,1H3. The van der Waals surface area contributed by atoms with Gasteiger partial charge in [-0.25, -0.2) is 0 Å². The van der Waals surface area contributed by atoms with Crippen LogP contribution in [0.4, 0.5) is 5.69 Å². The second-order valence-electron chi connectivity index (χ2n) is 5.86. The fourth-order valence-electron chi connectivity index (χ4n) is 3.18. The van der Waals surface area contributed by atoms with Crippen LogP contribution >= 0.6 is 0 Å². The third-order valence-electron chi connectivity index (χ3n) is 4.49. The summed E-state index contributed by atoms with van der Waals surface area (Å²) in [7, 11) is 2.22. The first-order valence-corrected chi connectivity index (χ1v) is 7.57. The number of para-hydroxylation sites is 1. The second kappa shape index (κ2) is 5.93. The fraction of sp³-hybridized carbons (Fsp3) is 0.625. The fourth-order valence-corrected chi connectivity index (χ4v) is 3.18. The molecule has 3 heteroatoms. The number of piperazine rings is 1. The summed E-state index contributed by atoms with van der Waals surface area (Å²) in [5.41, 5.74) is 3.01. The van der Waals surface area contributed by atoms with E-state index in [1.54, 1.807) is 0 Å². The van der Waals surface area contributed by atoms with Crippen LogP contribution in [-0.2, 0) is 6.42 Å². The minimum Gasteiger partial charge on any atom is -0.370 e. The molecule has 0 amide bonds. The van der Waals surface area contributed by atoms with Crippen molar-refractivity contribution in [2.45, 2.75) is 12.8 Å². The Morgan fingerprint density at radius 2 is 1.74 bits per heavy atom. The molecule has 3 nitrogen and oxygen atoms in total. The minimum absolute atomic E-state index is 1.18. The zero-order valence-electron chi connectivity index (χ0n) is 12.0. The van der Waals surface area contributed by atoms with Crippen LogP contribution in [0.5, 0.6) is 0 Å². The van der Waals surface area contributed by atoms with Gasteiger partial charge in [0.05, 0.1) is 0 Å². The first-order chi connectivity index (χ1) is 9.33. The van der Waals surface area contributed by atoms with Crippen LogP contribution in [0.25, 0.3) is 0 Å². The van der Waals surface area contributed by atoms with Gasteiger partial charge in [-0.3, -0.25) is 4.90 Å². The lowest BCUT2D eigenvalue weighted by Crippen LogP contribution is -2.47. The van der Waals surface area contributed by atoms with E-state index in [2.05, 4.69) is 46.0 Å². The van der Waals surface area contributed by atoms with Gasteiger partial charge in [0, 0.05) is 51.5 Å². The van der Waals surface area contributed by atoms with E-state index in [1.807, 2.05) is 0 Å². The maximum absolute atomic E-state index is 2.61. The average molecular weight is 259 g/mol. The van der Waals surface area contributed by atoms with Crippen molar-refractivity contribution >= 4 is 5.69 Å². The lowest BCUT2D eigenvalue weighted by molar-refractivity contribution is 0.156. The summed E-state index contributed by atoms with van der Waals surface area (Å²) in [5.74, 6) is 0. The van der Waals surface area contributed by atoms with E-state index in [0.29, 0.717) is 0 Å². The number of likely N-dealkylation sites (N-methyl/N-ethyl adjacent to an activating group) is 1. The Labute approximate surface area is 116 Å². The van der Waals surface area contributed by atoms with Crippen molar-refractivity contribution in [3.05, 3.63) is 29.8 Å². The molecule has 0 saturated carbocycles. The van der Waals surface area contributed by atoms with Crippen molar-refractivity contribution in [2.24, 2.45) is 0 Å². The second-order valence-corrected chi connectivity index (χ2v) is 5.86. The molecule has 1 aromatic carbocycles. The van der Waals surface area contributed by atoms with Crippen molar-refractivity contribution in [3.63, 3.8) is 0 Å². The number of hydrogen-bond donors (Lipinski definition) is 0. The first-order valence-electron chi connectivity index (χ1n) is 7.57. The number of aryl methyl sites for hydroxylation is 1. The van der Waals surface area contributed by atoms with Gasteiger partial charge in [-0.1, -0.05) is 18.2 Å². The van der Waals surface area contributed by atoms with Gasteiger partial charge in [0.15, 0.2) is 0 Å². The Hall–Kier alpha value is -1.06. The van der Waals surface area contributed by atoms with E-state index in [-0.39, 0.29) is 0 Å². The topological polar surface area (TPSA) is 9.72 Å². The lowest BCUT2D eigenvalue weighted by Gasteiger charge is -2.36. The molecule has 1 saturated heterocycles. The molecule has 2 heterocycles. The molecular weight excluding hydrogens is 234 g/mol. The zero-order valence-corrected chi connectivity index (χ0v) is 12.0. The number of nitrogens with zero attached hydrogens (tertiary/aromatic N) is 3. The van der Waals surface area contributed by atoms with Crippen LogP contribution in [-0.4, -0.2) is 62.7 Å². The third-order valence-corrected chi connectivity index (χ3v) is 4.49. The van der Waals surface area contributed by atoms with E-state index < -0.39 is 0 Å². The molecule has 0 bridgehead atoms. The Balaban J connectivity index is 1.56.